The average molecular weight is 277 g/mol. The minimum Gasteiger partial charge on any atom is -0.396 e. The van der Waals surface area contributed by atoms with Gasteiger partial charge in [0.15, 0.2) is 11.0 Å². The van der Waals surface area contributed by atoms with Crippen molar-refractivity contribution in [2.24, 2.45) is 0 Å². The van der Waals surface area contributed by atoms with Gasteiger partial charge in [0, 0.05) is 19.2 Å². The first kappa shape index (κ1) is 12.8. The van der Waals surface area contributed by atoms with Gasteiger partial charge in [0.2, 0.25) is 5.28 Å². The minimum atomic E-state index is 0.0951. The van der Waals surface area contributed by atoms with Gasteiger partial charge in [0.25, 0.3) is 0 Å². The summed E-state index contributed by atoms with van der Waals surface area (Å²) in [6.07, 6.45) is 3.97. The molecule has 1 atom stereocenters. The van der Waals surface area contributed by atoms with Gasteiger partial charge >= 0.3 is 0 Å². The van der Waals surface area contributed by atoms with E-state index in [4.69, 9.17) is 28.3 Å². The highest BCUT2D eigenvalue weighted by Crippen LogP contribution is 2.29. The fraction of sp³-hybridized carbons (Fsp3) is 0.700. The van der Waals surface area contributed by atoms with Gasteiger partial charge in [-0.1, -0.05) is 11.6 Å². The lowest BCUT2D eigenvalue weighted by Crippen LogP contribution is -2.41. The molecule has 7 heteroatoms. The average Bonchev–Trinajstić information content (AvgIpc) is 2.34. The molecule has 1 aliphatic rings. The van der Waals surface area contributed by atoms with Crippen molar-refractivity contribution in [1.82, 2.24) is 15.2 Å². The molecule has 0 aliphatic carbocycles. The summed E-state index contributed by atoms with van der Waals surface area (Å²) in [5.41, 5.74) is 0. The molecular formula is C10H14Cl2N4O. The van der Waals surface area contributed by atoms with Gasteiger partial charge in [-0.15, -0.1) is 10.2 Å². The molecule has 0 amide bonds. The maximum absolute atomic E-state index is 9.07. The largest absolute Gasteiger partial charge is 0.396 e. The lowest BCUT2D eigenvalue weighted by Gasteiger charge is -2.36. The Bertz CT molecular complexity index is 389. The first-order chi connectivity index (χ1) is 8.22. The summed E-state index contributed by atoms with van der Waals surface area (Å²) in [5.74, 6) is 0.574. The van der Waals surface area contributed by atoms with Gasteiger partial charge in [0.05, 0.1) is 0 Å². The zero-order valence-electron chi connectivity index (χ0n) is 9.31. The van der Waals surface area contributed by atoms with Crippen molar-refractivity contribution in [3.05, 3.63) is 10.4 Å². The van der Waals surface area contributed by atoms with Crippen LogP contribution in [0.1, 0.15) is 25.7 Å². The second-order valence-electron chi connectivity index (χ2n) is 4.05. The lowest BCUT2D eigenvalue weighted by molar-refractivity contribution is 0.262. The van der Waals surface area contributed by atoms with Crippen molar-refractivity contribution in [3.63, 3.8) is 0 Å². The monoisotopic (exact) mass is 276 g/mol. The minimum absolute atomic E-state index is 0.0951. The molecule has 0 spiro atoms. The highest BCUT2D eigenvalue weighted by atomic mass is 35.5. The van der Waals surface area contributed by atoms with Crippen LogP contribution in [0.15, 0.2) is 0 Å². The van der Waals surface area contributed by atoms with E-state index in [1.54, 1.807) is 0 Å². The molecule has 2 heterocycles. The van der Waals surface area contributed by atoms with E-state index in [1.807, 2.05) is 0 Å². The van der Waals surface area contributed by atoms with Crippen LogP contribution in [0.4, 0.5) is 5.82 Å². The van der Waals surface area contributed by atoms with Gasteiger partial charge in [-0.05, 0) is 37.3 Å². The van der Waals surface area contributed by atoms with Gasteiger partial charge < -0.3 is 10.0 Å². The Morgan fingerprint density at radius 1 is 1.29 bits per heavy atom. The Kier molecular flexibility index (Phi) is 4.36. The van der Waals surface area contributed by atoms with Crippen LogP contribution in [0.2, 0.25) is 10.4 Å². The zero-order valence-corrected chi connectivity index (χ0v) is 10.8. The number of aliphatic hydroxyl groups is 1. The topological polar surface area (TPSA) is 62.1 Å². The molecule has 1 aliphatic heterocycles. The van der Waals surface area contributed by atoms with Crippen molar-refractivity contribution < 1.29 is 5.11 Å². The van der Waals surface area contributed by atoms with E-state index in [0.717, 1.165) is 25.8 Å². The van der Waals surface area contributed by atoms with Crippen LogP contribution < -0.4 is 4.90 Å². The molecule has 1 aromatic heterocycles. The van der Waals surface area contributed by atoms with Crippen molar-refractivity contribution in [1.29, 1.82) is 0 Å². The lowest BCUT2D eigenvalue weighted by atomic mass is 10.00. The summed E-state index contributed by atoms with van der Waals surface area (Å²) in [7, 11) is 0. The number of piperidine rings is 1. The Labute approximate surface area is 110 Å². The molecule has 0 saturated carbocycles. The van der Waals surface area contributed by atoms with Crippen LogP contribution in [0.3, 0.4) is 0 Å². The Morgan fingerprint density at radius 3 is 2.88 bits per heavy atom. The Balaban J connectivity index is 2.25. The normalized spacial score (nSPS) is 20.6. The fourth-order valence-electron chi connectivity index (χ4n) is 2.20. The third kappa shape index (κ3) is 2.97. The summed E-state index contributed by atoms with van der Waals surface area (Å²) >= 11 is 11.7. The predicted octanol–water partition coefficient (Wildman–Crippen LogP) is 1.92. The second kappa shape index (κ2) is 5.80. The molecule has 5 nitrogen and oxygen atoms in total. The van der Waals surface area contributed by atoms with E-state index >= 15 is 0 Å². The SMILES string of the molecule is OCCC1CCCCN1c1nc(Cl)nnc1Cl. The molecule has 94 valence electrons. The highest BCUT2D eigenvalue weighted by molar-refractivity contribution is 6.32. The van der Waals surface area contributed by atoms with E-state index in [-0.39, 0.29) is 23.1 Å². The highest BCUT2D eigenvalue weighted by Gasteiger charge is 2.25. The van der Waals surface area contributed by atoms with Crippen LogP contribution in [0.25, 0.3) is 0 Å². The number of hydrogen-bond donors (Lipinski definition) is 1. The first-order valence-corrected chi connectivity index (χ1v) is 6.41. The van der Waals surface area contributed by atoms with Crippen LogP contribution >= 0.6 is 23.2 Å². The molecule has 1 N–H and O–H groups in total. The van der Waals surface area contributed by atoms with Crippen LogP contribution in [-0.4, -0.2) is 39.5 Å². The van der Waals surface area contributed by atoms with Crippen LogP contribution in [-0.2, 0) is 0 Å². The zero-order chi connectivity index (χ0) is 12.3. The van der Waals surface area contributed by atoms with Crippen LogP contribution in [0.5, 0.6) is 0 Å². The van der Waals surface area contributed by atoms with Crippen LogP contribution in [0, 0.1) is 0 Å². The fourth-order valence-corrected chi connectivity index (χ4v) is 2.50. The summed E-state index contributed by atoms with van der Waals surface area (Å²) in [6.45, 7) is 1.02. The number of anilines is 1. The van der Waals surface area contributed by atoms with E-state index in [9.17, 15) is 0 Å². The summed E-state index contributed by atoms with van der Waals surface area (Å²) in [4.78, 5) is 6.21. The second-order valence-corrected chi connectivity index (χ2v) is 4.75. The first-order valence-electron chi connectivity index (χ1n) is 5.65. The maximum Gasteiger partial charge on any atom is 0.245 e. The van der Waals surface area contributed by atoms with Gasteiger partial charge in [-0.2, -0.15) is 4.98 Å². The molecule has 0 bridgehead atoms. The molecule has 2 rings (SSSR count). The third-order valence-electron chi connectivity index (χ3n) is 2.96. The summed E-state index contributed by atoms with van der Waals surface area (Å²) < 4.78 is 0. The molecule has 1 aromatic rings. The number of hydrogen-bond acceptors (Lipinski definition) is 5. The summed E-state index contributed by atoms with van der Waals surface area (Å²) in [6, 6.07) is 0.249. The van der Waals surface area contributed by atoms with Gasteiger partial charge in [-0.25, -0.2) is 0 Å². The van der Waals surface area contributed by atoms with Crippen molar-refractivity contribution >= 4 is 29.0 Å². The smallest absolute Gasteiger partial charge is 0.245 e. The van der Waals surface area contributed by atoms with Crippen molar-refractivity contribution in [2.75, 3.05) is 18.1 Å². The third-order valence-corrected chi connectivity index (χ3v) is 3.37. The molecule has 17 heavy (non-hydrogen) atoms. The number of halogens is 2. The van der Waals surface area contributed by atoms with Crippen molar-refractivity contribution in [3.8, 4) is 0 Å². The number of aliphatic hydroxyl groups excluding tert-OH is 1. The number of aromatic nitrogens is 3. The van der Waals surface area contributed by atoms with E-state index < -0.39 is 0 Å². The van der Waals surface area contributed by atoms with E-state index in [1.165, 1.54) is 0 Å². The number of rotatable bonds is 3. The molecular weight excluding hydrogens is 263 g/mol. The van der Waals surface area contributed by atoms with E-state index in [0.29, 0.717) is 12.2 Å². The van der Waals surface area contributed by atoms with Crippen molar-refractivity contribution in [2.45, 2.75) is 31.7 Å². The Morgan fingerprint density at radius 2 is 2.12 bits per heavy atom. The maximum atomic E-state index is 9.07. The molecule has 1 saturated heterocycles. The molecule has 0 radical (unpaired) electrons. The van der Waals surface area contributed by atoms with Gasteiger partial charge in [0.1, 0.15) is 0 Å². The van der Waals surface area contributed by atoms with Gasteiger partial charge in [-0.3, -0.25) is 0 Å². The number of nitrogens with zero attached hydrogens (tertiary/aromatic N) is 4. The standard InChI is InChI=1S/C10H14Cl2N4O/c11-8-9(13-10(12)15-14-8)16-5-2-1-3-7(16)4-6-17/h7,17H,1-6H2. The predicted molar refractivity (Wildman–Crippen MR) is 66.5 cm³/mol. The van der Waals surface area contributed by atoms with E-state index in [2.05, 4.69) is 20.1 Å². The molecule has 1 fully saturated rings. The molecule has 1 unspecified atom stereocenters. The quantitative estimate of drug-likeness (QED) is 0.914. The summed E-state index contributed by atoms with van der Waals surface area (Å²) in [5, 5.41) is 16.8. The Hall–Kier alpha value is -0.650. The molecule has 0 aromatic carbocycles.